The molecular formula is C15H9F2NO. The average molecular weight is 257 g/mol. The number of aldehydes is 1. The Labute approximate surface area is 107 Å². The second-order valence-electron chi connectivity index (χ2n) is 4.25. The molecule has 3 rings (SSSR count). The number of benzene rings is 2. The van der Waals surface area contributed by atoms with Gasteiger partial charge < -0.3 is 4.57 Å². The van der Waals surface area contributed by atoms with E-state index in [1.807, 2.05) is 6.07 Å². The molecule has 0 radical (unpaired) electrons. The van der Waals surface area contributed by atoms with Crippen LogP contribution in [0.3, 0.4) is 0 Å². The third kappa shape index (κ3) is 2.01. The van der Waals surface area contributed by atoms with Crippen molar-refractivity contribution in [3.8, 4) is 5.69 Å². The summed E-state index contributed by atoms with van der Waals surface area (Å²) in [5.74, 6) is -1.27. The zero-order valence-electron chi connectivity index (χ0n) is 9.81. The number of fused-ring (bicyclic) bond motifs is 1. The standard InChI is InChI=1S/C15H9F2NO/c16-12-6-13(17)8-14(7-12)18-4-3-11-2-1-10(9-19)5-15(11)18/h1-9H. The van der Waals surface area contributed by atoms with Crippen molar-refractivity contribution >= 4 is 17.2 Å². The quantitative estimate of drug-likeness (QED) is 0.641. The van der Waals surface area contributed by atoms with E-state index < -0.39 is 11.6 Å². The molecule has 2 aromatic carbocycles. The van der Waals surface area contributed by atoms with Crippen LogP contribution in [0.2, 0.25) is 0 Å². The topological polar surface area (TPSA) is 22.0 Å². The maximum absolute atomic E-state index is 13.3. The second kappa shape index (κ2) is 4.31. The van der Waals surface area contributed by atoms with Gasteiger partial charge >= 0.3 is 0 Å². The van der Waals surface area contributed by atoms with Gasteiger partial charge in [0.15, 0.2) is 0 Å². The highest BCUT2D eigenvalue weighted by atomic mass is 19.1. The number of carbonyl (C=O) groups is 1. The summed E-state index contributed by atoms with van der Waals surface area (Å²) in [6.45, 7) is 0. The number of aromatic nitrogens is 1. The molecule has 0 fully saturated rings. The third-order valence-corrected chi connectivity index (χ3v) is 2.98. The van der Waals surface area contributed by atoms with Crippen LogP contribution in [0.1, 0.15) is 10.4 Å². The molecule has 2 nitrogen and oxygen atoms in total. The van der Waals surface area contributed by atoms with E-state index in [9.17, 15) is 13.6 Å². The van der Waals surface area contributed by atoms with Crippen molar-refractivity contribution in [3.63, 3.8) is 0 Å². The van der Waals surface area contributed by atoms with E-state index in [1.165, 1.54) is 12.1 Å². The molecular weight excluding hydrogens is 248 g/mol. The summed E-state index contributed by atoms with van der Waals surface area (Å²) in [7, 11) is 0. The lowest BCUT2D eigenvalue weighted by Crippen LogP contribution is -1.95. The van der Waals surface area contributed by atoms with Crippen molar-refractivity contribution in [2.24, 2.45) is 0 Å². The molecule has 0 bridgehead atoms. The van der Waals surface area contributed by atoms with Gasteiger partial charge in [-0.3, -0.25) is 4.79 Å². The zero-order valence-corrected chi connectivity index (χ0v) is 9.81. The summed E-state index contributed by atoms with van der Waals surface area (Å²) in [5, 5.41) is 0.898. The van der Waals surface area contributed by atoms with E-state index in [1.54, 1.807) is 29.0 Å². The Balaban J connectivity index is 2.26. The van der Waals surface area contributed by atoms with Gasteiger partial charge in [-0.05, 0) is 29.7 Å². The van der Waals surface area contributed by atoms with Gasteiger partial charge in [-0.1, -0.05) is 12.1 Å². The fraction of sp³-hybridized carbons (Fsp3) is 0. The molecule has 0 atom stereocenters. The van der Waals surface area contributed by atoms with Crippen LogP contribution in [0.4, 0.5) is 8.78 Å². The van der Waals surface area contributed by atoms with Crippen LogP contribution >= 0.6 is 0 Å². The zero-order chi connectivity index (χ0) is 13.4. The van der Waals surface area contributed by atoms with Crippen LogP contribution in [0.15, 0.2) is 48.7 Å². The summed E-state index contributed by atoms with van der Waals surface area (Å²) >= 11 is 0. The van der Waals surface area contributed by atoms with Gasteiger partial charge in [0.05, 0.1) is 11.2 Å². The molecule has 94 valence electrons. The Kier molecular flexibility index (Phi) is 2.63. The SMILES string of the molecule is O=Cc1ccc2ccn(-c3cc(F)cc(F)c3)c2c1. The van der Waals surface area contributed by atoms with Gasteiger partial charge in [0.1, 0.15) is 17.9 Å². The van der Waals surface area contributed by atoms with E-state index in [-0.39, 0.29) is 0 Å². The summed E-state index contributed by atoms with van der Waals surface area (Å²) in [6, 6.07) is 10.3. The second-order valence-corrected chi connectivity index (χ2v) is 4.25. The molecule has 1 aromatic heterocycles. The summed E-state index contributed by atoms with van der Waals surface area (Å²) < 4.78 is 28.2. The van der Waals surface area contributed by atoms with Crippen LogP contribution in [-0.2, 0) is 0 Å². The molecule has 0 aliphatic carbocycles. The first-order chi connectivity index (χ1) is 9.17. The van der Waals surface area contributed by atoms with Crippen LogP contribution in [0.25, 0.3) is 16.6 Å². The van der Waals surface area contributed by atoms with E-state index in [0.29, 0.717) is 11.3 Å². The molecule has 0 N–H and O–H groups in total. The van der Waals surface area contributed by atoms with Crippen LogP contribution in [0, 0.1) is 11.6 Å². The van der Waals surface area contributed by atoms with Crippen molar-refractivity contribution in [2.75, 3.05) is 0 Å². The van der Waals surface area contributed by atoms with Gasteiger partial charge in [0, 0.05) is 17.8 Å². The minimum atomic E-state index is -0.636. The molecule has 0 spiro atoms. The van der Waals surface area contributed by atoms with E-state index in [0.717, 1.165) is 23.3 Å². The van der Waals surface area contributed by atoms with Crippen molar-refractivity contribution in [1.29, 1.82) is 0 Å². The van der Waals surface area contributed by atoms with Gasteiger partial charge in [-0.25, -0.2) is 8.78 Å². The number of carbonyl (C=O) groups excluding carboxylic acids is 1. The molecule has 3 aromatic rings. The number of hydrogen-bond acceptors (Lipinski definition) is 1. The molecule has 1 heterocycles. The minimum Gasteiger partial charge on any atom is -0.316 e. The number of halogens is 2. The third-order valence-electron chi connectivity index (χ3n) is 2.98. The highest BCUT2D eigenvalue weighted by Crippen LogP contribution is 2.22. The fourth-order valence-electron chi connectivity index (χ4n) is 2.12. The Morgan fingerprint density at radius 1 is 0.947 bits per heavy atom. The predicted molar refractivity (Wildman–Crippen MR) is 68.6 cm³/mol. The van der Waals surface area contributed by atoms with Gasteiger partial charge in [0.25, 0.3) is 0 Å². The predicted octanol–water partition coefficient (Wildman–Crippen LogP) is 3.72. The lowest BCUT2D eigenvalue weighted by molar-refractivity contribution is 0.112. The van der Waals surface area contributed by atoms with Crippen molar-refractivity contribution in [3.05, 3.63) is 65.9 Å². The molecule has 0 amide bonds. The Morgan fingerprint density at radius 2 is 1.68 bits per heavy atom. The maximum atomic E-state index is 13.3. The summed E-state index contributed by atoms with van der Waals surface area (Å²) in [4.78, 5) is 10.8. The first kappa shape index (κ1) is 11.6. The van der Waals surface area contributed by atoms with Gasteiger partial charge in [-0.15, -0.1) is 0 Å². The number of rotatable bonds is 2. The van der Waals surface area contributed by atoms with Crippen LogP contribution in [-0.4, -0.2) is 10.9 Å². The Bertz CT molecular complexity index is 757. The maximum Gasteiger partial charge on any atom is 0.150 e. The first-order valence-electron chi connectivity index (χ1n) is 5.70. The summed E-state index contributed by atoms with van der Waals surface area (Å²) in [6.07, 6.45) is 2.45. The Hall–Kier alpha value is -2.49. The van der Waals surface area contributed by atoms with Crippen molar-refractivity contribution < 1.29 is 13.6 Å². The minimum absolute atomic E-state index is 0.385. The van der Waals surface area contributed by atoms with Gasteiger partial charge in [0.2, 0.25) is 0 Å². The van der Waals surface area contributed by atoms with Crippen LogP contribution < -0.4 is 0 Å². The molecule has 19 heavy (non-hydrogen) atoms. The Morgan fingerprint density at radius 3 is 2.37 bits per heavy atom. The van der Waals surface area contributed by atoms with E-state index in [2.05, 4.69) is 0 Å². The monoisotopic (exact) mass is 257 g/mol. The summed E-state index contributed by atoms with van der Waals surface area (Å²) in [5.41, 5.74) is 1.63. The molecule has 0 unspecified atom stereocenters. The van der Waals surface area contributed by atoms with Gasteiger partial charge in [-0.2, -0.15) is 0 Å². The molecule has 0 saturated heterocycles. The average Bonchev–Trinajstić information content (AvgIpc) is 2.80. The molecule has 0 saturated carbocycles. The number of nitrogens with zero attached hydrogens (tertiary/aromatic N) is 1. The number of hydrogen-bond donors (Lipinski definition) is 0. The molecule has 0 aliphatic rings. The fourth-order valence-corrected chi connectivity index (χ4v) is 2.12. The lowest BCUT2D eigenvalue weighted by atomic mass is 10.2. The normalized spacial score (nSPS) is 10.8. The highest BCUT2D eigenvalue weighted by Gasteiger charge is 2.07. The van der Waals surface area contributed by atoms with Crippen molar-refractivity contribution in [2.45, 2.75) is 0 Å². The van der Waals surface area contributed by atoms with Crippen LogP contribution in [0.5, 0.6) is 0 Å². The highest BCUT2D eigenvalue weighted by molar-refractivity contribution is 5.88. The smallest absolute Gasteiger partial charge is 0.150 e. The largest absolute Gasteiger partial charge is 0.316 e. The van der Waals surface area contributed by atoms with Crippen molar-refractivity contribution in [1.82, 2.24) is 4.57 Å². The molecule has 0 aliphatic heterocycles. The molecule has 4 heteroatoms. The van der Waals surface area contributed by atoms with E-state index in [4.69, 9.17) is 0 Å². The van der Waals surface area contributed by atoms with E-state index >= 15 is 0 Å². The lowest BCUT2D eigenvalue weighted by Gasteiger charge is -2.06. The first-order valence-corrected chi connectivity index (χ1v) is 5.70.